The molecule has 2 aromatic heterocycles. The molecule has 0 saturated carbocycles. The van der Waals surface area contributed by atoms with Crippen LogP contribution in [0.3, 0.4) is 0 Å². The van der Waals surface area contributed by atoms with Crippen LogP contribution in [-0.4, -0.2) is 33.8 Å². The van der Waals surface area contributed by atoms with Crippen molar-refractivity contribution in [2.45, 2.75) is 6.54 Å². The summed E-state index contributed by atoms with van der Waals surface area (Å²) in [7, 11) is -3.70. The van der Waals surface area contributed by atoms with Gasteiger partial charge in [0.2, 0.25) is 11.8 Å². The van der Waals surface area contributed by atoms with Crippen molar-refractivity contribution in [1.82, 2.24) is 14.2 Å². The van der Waals surface area contributed by atoms with Crippen molar-refractivity contribution in [3.8, 4) is 11.6 Å². The SMILES string of the molecule is CS(=O)(=O)n1nc(-c2ccco2)nc1NCc1cccc([N+](=O)[O-])c1. The van der Waals surface area contributed by atoms with E-state index in [1.54, 1.807) is 24.3 Å². The summed E-state index contributed by atoms with van der Waals surface area (Å²) in [6.45, 7) is 0.132. The Morgan fingerprint density at radius 2 is 2.12 bits per heavy atom. The first-order valence-electron chi connectivity index (χ1n) is 7.03. The second kappa shape index (κ2) is 6.36. The molecule has 25 heavy (non-hydrogen) atoms. The largest absolute Gasteiger partial charge is 0.461 e. The first kappa shape index (κ1) is 16.6. The van der Waals surface area contributed by atoms with E-state index < -0.39 is 14.9 Å². The molecule has 10 nitrogen and oxygen atoms in total. The highest BCUT2D eigenvalue weighted by atomic mass is 32.2. The summed E-state index contributed by atoms with van der Waals surface area (Å²) in [5, 5.41) is 17.6. The molecule has 0 aliphatic rings. The first-order valence-corrected chi connectivity index (χ1v) is 8.88. The number of nitrogens with one attached hydrogen (secondary N) is 1. The zero-order chi connectivity index (χ0) is 18.0. The monoisotopic (exact) mass is 363 g/mol. The molecule has 0 unspecified atom stereocenters. The number of rotatable bonds is 6. The van der Waals surface area contributed by atoms with Crippen molar-refractivity contribution in [2.24, 2.45) is 0 Å². The Bertz CT molecular complexity index is 1010. The van der Waals surface area contributed by atoms with Crippen LogP contribution in [0.5, 0.6) is 0 Å². The molecule has 0 saturated heterocycles. The fourth-order valence-electron chi connectivity index (χ4n) is 2.11. The van der Waals surface area contributed by atoms with Crippen molar-refractivity contribution in [3.63, 3.8) is 0 Å². The van der Waals surface area contributed by atoms with E-state index in [9.17, 15) is 18.5 Å². The smallest absolute Gasteiger partial charge is 0.269 e. The number of benzene rings is 1. The van der Waals surface area contributed by atoms with Crippen LogP contribution in [0.4, 0.5) is 11.6 Å². The molecule has 0 fully saturated rings. The lowest BCUT2D eigenvalue weighted by Crippen LogP contribution is -2.16. The van der Waals surface area contributed by atoms with Gasteiger partial charge in [-0.1, -0.05) is 12.1 Å². The number of anilines is 1. The van der Waals surface area contributed by atoms with E-state index in [4.69, 9.17) is 4.42 Å². The minimum Gasteiger partial charge on any atom is -0.461 e. The molecule has 0 aliphatic carbocycles. The Kier molecular flexibility index (Phi) is 4.23. The molecule has 1 N–H and O–H groups in total. The molecule has 0 atom stereocenters. The third kappa shape index (κ3) is 3.66. The molecule has 3 rings (SSSR count). The third-order valence-electron chi connectivity index (χ3n) is 3.21. The van der Waals surface area contributed by atoms with Crippen molar-refractivity contribution in [2.75, 3.05) is 11.6 Å². The average molecular weight is 363 g/mol. The second-order valence-corrected chi connectivity index (χ2v) is 6.93. The maximum Gasteiger partial charge on any atom is 0.269 e. The van der Waals surface area contributed by atoms with Gasteiger partial charge in [0.05, 0.1) is 17.4 Å². The highest BCUT2D eigenvalue weighted by Crippen LogP contribution is 2.20. The van der Waals surface area contributed by atoms with Crippen molar-refractivity contribution < 1.29 is 17.8 Å². The van der Waals surface area contributed by atoms with Crippen LogP contribution >= 0.6 is 0 Å². The van der Waals surface area contributed by atoms with Gasteiger partial charge in [-0.3, -0.25) is 10.1 Å². The lowest BCUT2D eigenvalue weighted by atomic mass is 10.2. The summed E-state index contributed by atoms with van der Waals surface area (Å²) >= 11 is 0. The van der Waals surface area contributed by atoms with Gasteiger partial charge in [-0.15, -0.1) is 9.19 Å². The molecular formula is C14H13N5O5S. The highest BCUT2D eigenvalue weighted by molar-refractivity contribution is 7.89. The number of aromatic nitrogens is 3. The summed E-state index contributed by atoms with van der Waals surface area (Å²) in [5.74, 6) is 0.415. The van der Waals surface area contributed by atoms with E-state index in [1.165, 1.54) is 18.4 Å². The number of nitro benzene ring substituents is 1. The second-order valence-electron chi connectivity index (χ2n) is 5.12. The molecule has 3 aromatic rings. The van der Waals surface area contributed by atoms with Gasteiger partial charge in [0.15, 0.2) is 5.76 Å². The minimum atomic E-state index is -3.70. The van der Waals surface area contributed by atoms with Gasteiger partial charge in [-0.05, 0) is 17.7 Å². The fourth-order valence-corrected chi connectivity index (χ4v) is 2.75. The number of nitro groups is 1. The van der Waals surface area contributed by atoms with Crippen LogP contribution in [0.1, 0.15) is 5.56 Å². The first-order chi connectivity index (χ1) is 11.8. The molecule has 0 aliphatic heterocycles. The summed E-state index contributed by atoms with van der Waals surface area (Å²) < 4.78 is 29.7. The number of hydrogen-bond donors (Lipinski definition) is 1. The Morgan fingerprint density at radius 3 is 2.76 bits per heavy atom. The van der Waals surface area contributed by atoms with Crippen molar-refractivity contribution in [1.29, 1.82) is 0 Å². The maximum atomic E-state index is 11.9. The molecule has 0 radical (unpaired) electrons. The summed E-state index contributed by atoms with van der Waals surface area (Å²) in [6.07, 6.45) is 2.42. The van der Waals surface area contributed by atoms with Gasteiger partial charge in [0, 0.05) is 18.7 Å². The molecule has 0 spiro atoms. The lowest BCUT2D eigenvalue weighted by molar-refractivity contribution is -0.384. The van der Waals surface area contributed by atoms with Gasteiger partial charge in [-0.2, -0.15) is 4.98 Å². The summed E-state index contributed by atoms with van der Waals surface area (Å²) in [5.41, 5.74) is 0.539. The quantitative estimate of drug-likeness (QED) is 0.518. The maximum absolute atomic E-state index is 11.9. The zero-order valence-corrected chi connectivity index (χ0v) is 13.8. The molecule has 1 aromatic carbocycles. The normalized spacial score (nSPS) is 11.4. The number of non-ortho nitro benzene ring substituents is 1. The zero-order valence-electron chi connectivity index (χ0n) is 13.0. The topological polar surface area (TPSA) is 133 Å². The van der Waals surface area contributed by atoms with Gasteiger partial charge < -0.3 is 9.73 Å². The molecule has 2 heterocycles. The average Bonchev–Trinajstić information content (AvgIpc) is 3.22. The third-order valence-corrected chi connectivity index (χ3v) is 4.09. The van der Waals surface area contributed by atoms with E-state index in [-0.39, 0.29) is 24.0 Å². The molecule has 0 bridgehead atoms. The number of hydrogen-bond acceptors (Lipinski definition) is 8. The molecule has 0 amide bonds. The lowest BCUT2D eigenvalue weighted by Gasteiger charge is -2.06. The predicted molar refractivity (Wildman–Crippen MR) is 88.4 cm³/mol. The Hall–Kier alpha value is -3.21. The predicted octanol–water partition coefficient (Wildman–Crippen LogP) is 1.87. The van der Waals surface area contributed by atoms with E-state index >= 15 is 0 Å². The van der Waals surface area contributed by atoms with Crippen molar-refractivity contribution in [3.05, 3.63) is 58.3 Å². The van der Waals surface area contributed by atoms with E-state index in [2.05, 4.69) is 15.4 Å². The Labute approximate surface area is 142 Å². The highest BCUT2D eigenvalue weighted by Gasteiger charge is 2.19. The van der Waals surface area contributed by atoms with Crippen LogP contribution in [-0.2, 0) is 16.6 Å². The summed E-state index contributed by atoms with van der Waals surface area (Å²) in [4.78, 5) is 14.4. The summed E-state index contributed by atoms with van der Waals surface area (Å²) in [6, 6.07) is 9.22. The Morgan fingerprint density at radius 1 is 1.32 bits per heavy atom. The van der Waals surface area contributed by atoms with Crippen molar-refractivity contribution >= 4 is 21.7 Å². The molecule has 11 heteroatoms. The number of nitrogens with zero attached hydrogens (tertiary/aromatic N) is 4. The van der Waals surface area contributed by atoms with Crippen LogP contribution in [0.25, 0.3) is 11.6 Å². The van der Waals surface area contributed by atoms with Gasteiger partial charge >= 0.3 is 0 Å². The van der Waals surface area contributed by atoms with Crippen LogP contribution < -0.4 is 5.32 Å². The van der Waals surface area contributed by atoms with E-state index in [0.29, 0.717) is 11.3 Å². The van der Waals surface area contributed by atoms with E-state index in [0.717, 1.165) is 10.3 Å². The van der Waals surface area contributed by atoms with Gasteiger partial charge in [0.1, 0.15) is 0 Å². The standard InChI is InChI=1S/C14H13N5O5S/c1-25(22,23)18-14(16-13(17-18)12-6-3-7-24-12)15-9-10-4-2-5-11(8-10)19(20)21/h2-8H,9H2,1H3,(H,15,16,17). The van der Waals surface area contributed by atoms with Crippen LogP contribution in [0.15, 0.2) is 47.1 Å². The molecule has 130 valence electrons. The van der Waals surface area contributed by atoms with Crippen LogP contribution in [0.2, 0.25) is 0 Å². The Balaban J connectivity index is 1.89. The number of furan rings is 1. The minimum absolute atomic E-state index is 0.0135. The van der Waals surface area contributed by atoms with Crippen LogP contribution in [0, 0.1) is 10.1 Å². The van der Waals surface area contributed by atoms with Gasteiger partial charge in [0.25, 0.3) is 15.7 Å². The molecular weight excluding hydrogens is 350 g/mol. The van der Waals surface area contributed by atoms with E-state index in [1.807, 2.05) is 0 Å². The van der Waals surface area contributed by atoms with Gasteiger partial charge in [-0.25, -0.2) is 8.42 Å². The fraction of sp³-hybridized carbons (Fsp3) is 0.143.